The number of fused-ring (bicyclic) bond motifs is 1. The molecule has 1 aromatic rings. The number of hydrogen-bond acceptors (Lipinski definition) is 3. The molecule has 2 aliphatic rings. The Bertz CT molecular complexity index is 464. The molecule has 0 spiro atoms. The number of benzene rings is 1. The van der Waals surface area contributed by atoms with Crippen molar-refractivity contribution >= 4 is 0 Å². The third-order valence-electron chi connectivity index (χ3n) is 5.16. The lowest BCUT2D eigenvalue weighted by Gasteiger charge is -2.37. The molecule has 0 radical (unpaired) electrons. The van der Waals surface area contributed by atoms with E-state index in [1.165, 1.54) is 49.9 Å². The van der Waals surface area contributed by atoms with Gasteiger partial charge in [-0.25, -0.2) is 0 Å². The SMILES string of the molecule is COc1ccc2c(c1)C(N1CCC(C(C)N)CC1)CC2. The van der Waals surface area contributed by atoms with Gasteiger partial charge >= 0.3 is 0 Å². The van der Waals surface area contributed by atoms with Gasteiger partial charge in [0.2, 0.25) is 0 Å². The molecule has 1 aliphatic carbocycles. The van der Waals surface area contributed by atoms with Gasteiger partial charge in [0, 0.05) is 12.1 Å². The summed E-state index contributed by atoms with van der Waals surface area (Å²) in [5.74, 6) is 1.69. The van der Waals surface area contributed by atoms with E-state index in [9.17, 15) is 0 Å². The van der Waals surface area contributed by atoms with E-state index in [2.05, 4.69) is 30.0 Å². The molecule has 1 fully saturated rings. The molecule has 2 atom stereocenters. The number of rotatable bonds is 3. The maximum atomic E-state index is 6.05. The minimum atomic E-state index is 0.341. The van der Waals surface area contributed by atoms with Crippen molar-refractivity contribution in [3.63, 3.8) is 0 Å². The summed E-state index contributed by atoms with van der Waals surface area (Å²) in [6.45, 7) is 4.52. The van der Waals surface area contributed by atoms with Crippen LogP contribution in [0.15, 0.2) is 18.2 Å². The maximum absolute atomic E-state index is 6.05. The van der Waals surface area contributed by atoms with Crippen molar-refractivity contribution in [1.29, 1.82) is 0 Å². The Balaban J connectivity index is 1.72. The molecule has 3 heteroatoms. The lowest BCUT2D eigenvalue weighted by Crippen LogP contribution is -2.40. The van der Waals surface area contributed by atoms with Crippen LogP contribution in [0.5, 0.6) is 5.75 Å². The van der Waals surface area contributed by atoms with Crippen LogP contribution in [0.1, 0.15) is 43.4 Å². The van der Waals surface area contributed by atoms with Gasteiger partial charge < -0.3 is 10.5 Å². The van der Waals surface area contributed by atoms with Gasteiger partial charge in [0.25, 0.3) is 0 Å². The van der Waals surface area contributed by atoms with E-state index in [-0.39, 0.29) is 0 Å². The molecule has 1 heterocycles. The summed E-state index contributed by atoms with van der Waals surface area (Å²) in [7, 11) is 1.75. The summed E-state index contributed by atoms with van der Waals surface area (Å²) in [4.78, 5) is 2.66. The number of likely N-dealkylation sites (tertiary alicyclic amines) is 1. The van der Waals surface area contributed by atoms with Gasteiger partial charge in [0.05, 0.1) is 7.11 Å². The molecule has 1 aromatic carbocycles. The van der Waals surface area contributed by atoms with Crippen LogP contribution >= 0.6 is 0 Å². The highest BCUT2D eigenvalue weighted by molar-refractivity contribution is 5.40. The molecule has 1 aliphatic heterocycles. The Hall–Kier alpha value is -1.06. The van der Waals surface area contributed by atoms with Crippen LogP contribution < -0.4 is 10.5 Å². The van der Waals surface area contributed by atoms with Crippen molar-refractivity contribution in [3.05, 3.63) is 29.3 Å². The predicted molar refractivity (Wildman–Crippen MR) is 82.0 cm³/mol. The second-order valence-corrected chi connectivity index (χ2v) is 6.35. The van der Waals surface area contributed by atoms with Crippen LogP contribution in [0.25, 0.3) is 0 Å². The second kappa shape index (κ2) is 5.74. The Kier molecular flexibility index (Phi) is 3.99. The first kappa shape index (κ1) is 13.9. The highest BCUT2D eigenvalue weighted by atomic mass is 16.5. The zero-order valence-corrected chi connectivity index (χ0v) is 12.6. The Morgan fingerprint density at radius 3 is 2.65 bits per heavy atom. The van der Waals surface area contributed by atoms with E-state index in [1.807, 2.05) is 0 Å². The number of aryl methyl sites for hydroxylation is 1. The van der Waals surface area contributed by atoms with Crippen molar-refractivity contribution in [3.8, 4) is 5.75 Å². The molecule has 110 valence electrons. The predicted octanol–water partition coefficient (Wildman–Crippen LogP) is 2.74. The minimum Gasteiger partial charge on any atom is -0.497 e. The number of ether oxygens (including phenoxy) is 1. The summed E-state index contributed by atoms with van der Waals surface area (Å²) in [5, 5.41) is 0. The number of piperidine rings is 1. The van der Waals surface area contributed by atoms with E-state index in [0.29, 0.717) is 18.0 Å². The summed E-state index contributed by atoms with van der Waals surface area (Å²) in [6.07, 6.45) is 4.95. The first-order valence-electron chi connectivity index (χ1n) is 7.85. The highest BCUT2D eigenvalue weighted by Gasteiger charge is 2.31. The van der Waals surface area contributed by atoms with Gasteiger partial charge in [-0.1, -0.05) is 6.07 Å². The fraction of sp³-hybridized carbons (Fsp3) is 0.647. The topological polar surface area (TPSA) is 38.5 Å². The molecule has 0 aromatic heterocycles. The fourth-order valence-electron chi connectivity index (χ4n) is 3.82. The van der Waals surface area contributed by atoms with Crippen molar-refractivity contribution in [2.75, 3.05) is 20.2 Å². The van der Waals surface area contributed by atoms with Gasteiger partial charge in [-0.2, -0.15) is 0 Å². The third kappa shape index (κ3) is 2.57. The molecule has 2 unspecified atom stereocenters. The summed E-state index contributed by atoms with van der Waals surface area (Å²) in [5.41, 5.74) is 9.04. The first-order chi connectivity index (χ1) is 9.69. The first-order valence-corrected chi connectivity index (χ1v) is 7.85. The van der Waals surface area contributed by atoms with Gasteiger partial charge in [0.15, 0.2) is 0 Å². The largest absolute Gasteiger partial charge is 0.497 e. The molecule has 0 amide bonds. The van der Waals surface area contributed by atoms with Crippen LogP contribution in [0.2, 0.25) is 0 Å². The zero-order valence-electron chi connectivity index (χ0n) is 12.6. The quantitative estimate of drug-likeness (QED) is 0.921. The van der Waals surface area contributed by atoms with E-state index in [4.69, 9.17) is 10.5 Å². The molecule has 2 N–H and O–H groups in total. The normalized spacial score (nSPS) is 25.4. The van der Waals surface area contributed by atoms with E-state index >= 15 is 0 Å². The molecule has 20 heavy (non-hydrogen) atoms. The van der Waals surface area contributed by atoms with Crippen LogP contribution in [0, 0.1) is 5.92 Å². The molecular weight excluding hydrogens is 248 g/mol. The summed E-state index contributed by atoms with van der Waals surface area (Å²) in [6, 6.07) is 7.50. The van der Waals surface area contributed by atoms with Crippen LogP contribution in [-0.2, 0) is 6.42 Å². The van der Waals surface area contributed by atoms with Gasteiger partial charge in [-0.3, -0.25) is 4.90 Å². The average molecular weight is 274 g/mol. The lowest BCUT2D eigenvalue weighted by atomic mass is 9.89. The molecule has 3 nitrogen and oxygen atoms in total. The standard InChI is InChI=1S/C17H26N2O/c1-12(18)13-7-9-19(10-8-13)17-6-4-14-3-5-15(20-2)11-16(14)17/h3,5,11-13,17H,4,6-10,18H2,1-2H3. The molecule has 0 bridgehead atoms. The molecule has 3 rings (SSSR count). The van der Waals surface area contributed by atoms with E-state index in [0.717, 1.165) is 5.75 Å². The van der Waals surface area contributed by atoms with Crippen molar-refractivity contribution in [2.24, 2.45) is 11.7 Å². The minimum absolute atomic E-state index is 0.341. The molecule has 1 saturated heterocycles. The summed E-state index contributed by atoms with van der Waals surface area (Å²) >= 11 is 0. The molecule has 0 saturated carbocycles. The second-order valence-electron chi connectivity index (χ2n) is 6.35. The molecular formula is C17H26N2O. The smallest absolute Gasteiger partial charge is 0.119 e. The number of methoxy groups -OCH3 is 1. The van der Waals surface area contributed by atoms with Crippen molar-refractivity contribution in [2.45, 2.75) is 44.7 Å². The van der Waals surface area contributed by atoms with Crippen molar-refractivity contribution in [1.82, 2.24) is 4.90 Å². The highest BCUT2D eigenvalue weighted by Crippen LogP contribution is 2.39. The number of nitrogens with two attached hydrogens (primary N) is 1. The van der Waals surface area contributed by atoms with Crippen LogP contribution in [-0.4, -0.2) is 31.1 Å². The monoisotopic (exact) mass is 274 g/mol. The van der Waals surface area contributed by atoms with Gasteiger partial charge in [0.1, 0.15) is 5.75 Å². The van der Waals surface area contributed by atoms with Crippen molar-refractivity contribution < 1.29 is 4.74 Å². The van der Waals surface area contributed by atoms with Crippen LogP contribution in [0.4, 0.5) is 0 Å². The summed E-state index contributed by atoms with van der Waals surface area (Å²) < 4.78 is 5.39. The lowest BCUT2D eigenvalue weighted by molar-refractivity contribution is 0.124. The van der Waals surface area contributed by atoms with Crippen LogP contribution in [0.3, 0.4) is 0 Å². The third-order valence-corrected chi connectivity index (χ3v) is 5.16. The number of hydrogen-bond donors (Lipinski definition) is 1. The Morgan fingerprint density at radius 1 is 1.25 bits per heavy atom. The number of nitrogens with zero attached hydrogens (tertiary/aromatic N) is 1. The fourth-order valence-corrected chi connectivity index (χ4v) is 3.82. The van der Waals surface area contributed by atoms with Gasteiger partial charge in [-0.15, -0.1) is 0 Å². The maximum Gasteiger partial charge on any atom is 0.119 e. The Labute approximate surface area is 122 Å². The van der Waals surface area contributed by atoms with Gasteiger partial charge in [-0.05, 0) is 74.9 Å². The zero-order chi connectivity index (χ0) is 14.1. The van der Waals surface area contributed by atoms with E-state index in [1.54, 1.807) is 7.11 Å². The Morgan fingerprint density at radius 2 is 2.00 bits per heavy atom. The average Bonchev–Trinajstić information content (AvgIpc) is 2.90. The van der Waals surface area contributed by atoms with E-state index < -0.39 is 0 Å².